The Kier molecular flexibility index (Phi) is 3.36. The number of rotatable bonds is 4. The van der Waals surface area contributed by atoms with Crippen molar-refractivity contribution >= 4 is 23.2 Å². The first-order chi connectivity index (χ1) is 9.72. The monoisotopic (exact) mass is 311 g/mol. The first-order valence-corrected chi connectivity index (χ1v) is 8.36. The van der Waals surface area contributed by atoms with Gasteiger partial charge in [-0.1, -0.05) is 23.2 Å². The van der Waals surface area contributed by atoms with Gasteiger partial charge in [-0.15, -0.1) is 0 Å². The zero-order chi connectivity index (χ0) is 13.7. The molecule has 1 aromatic carbocycles. The predicted molar refractivity (Wildman–Crippen MR) is 81.7 cm³/mol. The molecule has 20 heavy (non-hydrogen) atoms. The maximum Gasteiger partial charge on any atom is 0.142 e. The van der Waals surface area contributed by atoms with Gasteiger partial charge in [0.05, 0.1) is 11.6 Å². The predicted octanol–water partition coefficient (Wildman–Crippen LogP) is 4.60. The summed E-state index contributed by atoms with van der Waals surface area (Å²) >= 11 is 12.4. The van der Waals surface area contributed by atoms with Gasteiger partial charge in [-0.2, -0.15) is 0 Å². The van der Waals surface area contributed by atoms with E-state index in [2.05, 4.69) is 5.32 Å². The first kappa shape index (κ1) is 13.2. The van der Waals surface area contributed by atoms with E-state index in [0.29, 0.717) is 22.1 Å². The van der Waals surface area contributed by atoms with E-state index in [4.69, 9.17) is 27.9 Å². The van der Waals surface area contributed by atoms with Gasteiger partial charge < -0.3 is 10.1 Å². The molecule has 2 aliphatic carbocycles. The standard InChI is InChI=1S/C16H19Cl2NO/c17-11-7-12-14(5-6-20-16(12)13(18)8-11)19-15(9-1-2-9)10-3-4-10/h7-10,14-15,19H,1-6H2. The van der Waals surface area contributed by atoms with Crippen molar-refractivity contribution in [2.75, 3.05) is 6.61 Å². The molecule has 0 bridgehead atoms. The maximum atomic E-state index is 6.26. The van der Waals surface area contributed by atoms with Crippen LogP contribution in [0.4, 0.5) is 0 Å². The van der Waals surface area contributed by atoms with Gasteiger partial charge in [-0.05, 0) is 49.7 Å². The van der Waals surface area contributed by atoms with Crippen molar-refractivity contribution in [3.8, 4) is 5.75 Å². The summed E-state index contributed by atoms with van der Waals surface area (Å²) in [5, 5.41) is 5.22. The van der Waals surface area contributed by atoms with Gasteiger partial charge in [0, 0.05) is 29.1 Å². The summed E-state index contributed by atoms with van der Waals surface area (Å²) in [7, 11) is 0. The molecule has 0 aromatic heterocycles. The first-order valence-electron chi connectivity index (χ1n) is 7.60. The Bertz CT molecular complexity index is 513. The maximum absolute atomic E-state index is 6.26. The Balaban J connectivity index is 1.60. The number of benzene rings is 1. The van der Waals surface area contributed by atoms with Crippen LogP contribution in [0.1, 0.15) is 43.7 Å². The second-order valence-electron chi connectivity index (χ2n) is 6.36. The minimum Gasteiger partial charge on any atom is -0.492 e. The van der Waals surface area contributed by atoms with Crippen LogP contribution in [0.5, 0.6) is 5.75 Å². The molecular formula is C16H19Cl2NO. The Hall–Kier alpha value is -0.440. The second-order valence-corrected chi connectivity index (χ2v) is 7.21. The molecular weight excluding hydrogens is 293 g/mol. The van der Waals surface area contributed by atoms with Crippen LogP contribution in [0, 0.1) is 11.8 Å². The third-order valence-electron chi connectivity index (χ3n) is 4.72. The lowest BCUT2D eigenvalue weighted by Gasteiger charge is -2.31. The van der Waals surface area contributed by atoms with E-state index in [9.17, 15) is 0 Å². The SMILES string of the molecule is Clc1cc(Cl)c2c(c1)C(NC(C1CC1)C1CC1)CCO2. The summed E-state index contributed by atoms with van der Waals surface area (Å²) in [6.45, 7) is 0.730. The highest BCUT2D eigenvalue weighted by Gasteiger charge is 2.42. The van der Waals surface area contributed by atoms with Crippen LogP contribution in [0.2, 0.25) is 10.0 Å². The zero-order valence-electron chi connectivity index (χ0n) is 11.4. The molecule has 1 aromatic rings. The average Bonchev–Trinajstić information content (AvgIpc) is 3.28. The highest BCUT2D eigenvalue weighted by atomic mass is 35.5. The smallest absolute Gasteiger partial charge is 0.142 e. The Labute approximate surface area is 129 Å². The normalized spacial score (nSPS) is 25.4. The molecule has 0 spiro atoms. The van der Waals surface area contributed by atoms with Crippen LogP contribution < -0.4 is 10.1 Å². The van der Waals surface area contributed by atoms with Crippen molar-refractivity contribution < 1.29 is 4.74 Å². The van der Waals surface area contributed by atoms with Gasteiger partial charge in [-0.3, -0.25) is 0 Å². The summed E-state index contributed by atoms with van der Waals surface area (Å²) in [6, 6.07) is 4.80. The molecule has 0 amide bonds. The van der Waals surface area contributed by atoms with Crippen molar-refractivity contribution in [2.24, 2.45) is 11.8 Å². The number of fused-ring (bicyclic) bond motifs is 1. The van der Waals surface area contributed by atoms with Gasteiger partial charge in [0.15, 0.2) is 0 Å². The van der Waals surface area contributed by atoms with Gasteiger partial charge in [0.1, 0.15) is 5.75 Å². The number of halogens is 2. The number of hydrogen-bond acceptors (Lipinski definition) is 2. The van der Waals surface area contributed by atoms with Crippen molar-refractivity contribution in [3.05, 3.63) is 27.7 Å². The third-order valence-corrected chi connectivity index (χ3v) is 5.22. The molecule has 1 atom stereocenters. The van der Waals surface area contributed by atoms with E-state index in [0.717, 1.165) is 36.2 Å². The average molecular weight is 312 g/mol. The largest absolute Gasteiger partial charge is 0.492 e. The van der Waals surface area contributed by atoms with Crippen molar-refractivity contribution in [2.45, 2.75) is 44.2 Å². The van der Waals surface area contributed by atoms with E-state index < -0.39 is 0 Å². The van der Waals surface area contributed by atoms with Crippen LogP contribution in [0.3, 0.4) is 0 Å². The molecule has 0 radical (unpaired) electrons. The van der Waals surface area contributed by atoms with Crippen molar-refractivity contribution in [3.63, 3.8) is 0 Å². The summed E-state index contributed by atoms with van der Waals surface area (Å²) in [6.07, 6.45) is 6.56. The summed E-state index contributed by atoms with van der Waals surface area (Å²) in [5.74, 6) is 2.61. The lowest BCUT2D eigenvalue weighted by Crippen LogP contribution is -2.38. The summed E-state index contributed by atoms with van der Waals surface area (Å²) in [4.78, 5) is 0. The lowest BCUT2D eigenvalue weighted by atomic mass is 9.97. The van der Waals surface area contributed by atoms with Crippen LogP contribution in [0.15, 0.2) is 12.1 Å². The molecule has 108 valence electrons. The van der Waals surface area contributed by atoms with E-state index in [1.807, 2.05) is 6.07 Å². The zero-order valence-corrected chi connectivity index (χ0v) is 12.9. The molecule has 1 N–H and O–H groups in total. The number of hydrogen-bond donors (Lipinski definition) is 1. The molecule has 2 fully saturated rings. The van der Waals surface area contributed by atoms with Gasteiger partial charge in [0.25, 0.3) is 0 Å². The van der Waals surface area contributed by atoms with Crippen LogP contribution in [-0.4, -0.2) is 12.6 Å². The molecule has 3 aliphatic rings. The molecule has 4 heteroatoms. The Morgan fingerprint density at radius 3 is 2.40 bits per heavy atom. The Morgan fingerprint density at radius 1 is 1.05 bits per heavy atom. The second kappa shape index (κ2) is 5.08. The van der Waals surface area contributed by atoms with Crippen LogP contribution in [-0.2, 0) is 0 Å². The molecule has 4 rings (SSSR count). The van der Waals surface area contributed by atoms with Gasteiger partial charge >= 0.3 is 0 Å². The fraction of sp³-hybridized carbons (Fsp3) is 0.625. The minimum atomic E-state index is 0.334. The minimum absolute atomic E-state index is 0.334. The molecule has 1 aliphatic heterocycles. The summed E-state index contributed by atoms with van der Waals surface area (Å²) < 4.78 is 5.74. The van der Waals surface area contributed by atoms with E-state index in [-0.39, 0.29) is 0 Å². The topological polar surface area (TPSA) is 21.3 Å². The quantitative estimate of drug-likeness (QED) is 0.877. The van der Waals surface area contributed by atoms with E-state index in [1.165, 1.54) is 25.7 Å². The molecule has 2 saturated carbocycles. The Morgan fingerprint density at radius 2 is 1.75 bits per heavy atom. The summed E-state index contributed by atoms with van der Waals surface area (Å²) in [5.41, 5.74) is 1.14. The lowest BCUT2D eigenvalue weighted by molar-refractivity contribution is 0.234. The molecule has 1 heterocycles. The number of ether oxygens (including phenoxy) is 1. The molecule has 1 unspecified atom stereocenters. The van der Waals surface area contributed by atoms with E-state index in [1.54, 1.807) is 6.07 Å². The fourth-order valence-corrected chi connectivity index (χ4v) is 3.96. The third kappa shape index (κ3) is 2.54. The number of nitrogens with one attached hydrogen (secondary N) is 1. The van der Waals surface area contributed by atoms with Crippen LogP contribution >= 0.6 is 23.2 Å². The van der Waals surface area contributed by atoms with Crippen molar-refractivity contribution in [1.29, 1.82) is 0 Å². The van der Waals surface area contributed by atoms with E-state index >= 15 is 0 Å². The van der Waals surface area contributed by atoms with Crippen molar-refractivity contribution in [1.82, 2.24) is 5.32 Å². The van der Waals surface area contributed by atoms with Gasteiger partial charge in [0.2, 0.25) is 0 Å². The highest BCUT2D eigenvalue weighted by molar-refractivity contribution is 6.35. The van der Waals surface area contributed by atoms with Crippen LogP contribution in [0.25, 0.3) is 0 Å². The van der Waals surface area contributed by atoms with Gasteiger partial charge in [-0.25, -0.2) is 0 Å². The molecule has 0 saturated heterocycles. The fourth-order valence-electron chi connectivity index (χ4n) is 3.40. The molecule has 2 nitrogen and oxygen atoms in total. The highest BCUT2D eigenvalue weighted by Crippen LogP contribution is 2.47.